The summed E-state index contributed by atoms with van der Waals surface area (Å²) in [6.07, 6.45) is -1.12. The second-order valence-corrected chi connectivity index (χ2v) is 3.74. The Labute approximate surface area is 102 Å². The molecule has 1 unspecified atom stereocenters. The summed E-state index contributed by atoms with van der Waals surface area (Å²) in [5.41, 5.74) is 0.323. The molecule has 94 valence electrons. The normalized spacial score (nSPS) is 12.3. The van der Waals surface area contributed by atoms with Gasteiger partial charge < -0.3 is 9.52 Å². The molecule has 1 N–H and O–H groups in total. The van der Waals surface area contributed by atoms with Crippen LogP contribution in [0.5, 0.6) is 0 Å². The molecule has 1 aromatic heterocycles. The summed E-state index contributed by atoms with van der Waals surface area (Å²) in [5.74, 6) is -0.833. The van der Waals surface area contributed by atoms with Gasteiger partial charge in [0.1, 0.15) is 22.6 Å². The molecule has 0 bridgehead atoms. The zero-order valence-corrected chi connectivity index (χ0v) is 9.25. The molecule has 0 aliphatic heterocycles. The molecule has 0 aliphatic rings. The second-order valence-electron chi connectivity index (χ2n) is 3.74. The van der Waals surface area contributed by atoms with Gasteiger partial charge in [0.05, 0.1) is 6.07 Å². The van der Waals surface area contributed by atoms with Crippen LogP contribution in [0, 0.1) is 15.9 Å². The Morgan fingerprint density at radius 2 is 2.06 bits per heavy atom. The van der Waals surface area contributed by atoms with Crippen LogP contribution in [-0.2, 0) is 6.42 Å². The first kappa shape index (κ1) is 12.3. The molecule has 0 saturated carbocycles. The smallest absolute Gasteiger partial charge is 0.403 e. The molecule has 1 aromatic carbocycles. The first-order valence-corrected chi connectivity index (χ1v) is 5.23. The molecule has 2 aromatic rings. The molecule has 0 radical (unpaired) electrons. The molecule has 1 heterocycles. The number of nitro groups is 1. The van der Waals surface area contributed by atoms with Crippen LogP contribution in [-0.4, -0.2) is 10.0 Å². The summed E-state index contributed by atoms with van der Waals surface area (Å²) < 4.78 is 18.2. The van der Waals surface area contributed by atoms with Gasteiger partial charge in [-0.3, -0.25) is 10.1 Å². The molecule has 18 heavy (non-hydrogen) atoms. The minimum atomic E-state index is -1.12. The molecule has 0 spiro atoms. The number of benzene rings is 1. The summed E-state index contributed by atoms with van der Waals surface area (Å²) in [7, 11) is 0. The van der Waals surface area contributed by atoms with Gasteiger partial charge in [-0.15, -0.1) is 0 Å². The summed E-state index contributed by atoms with van der Waals surface area (Å²) in [6, 6.07) is 8.48. The topological polar surface area (TPSA) is 76.5 Å². The zero-order valence-electron chi connectivity index (χ0n) is 9.25. The molecule has 0 aliphatic carbocycles. The quantitative estimate of drug-likeness (QED) is 0.669. The van der Waals surface area contributed by atoms with E-state index in [4.69, 9.17) is 4.42 Å². The van der Waals surface area contributed by atoms with E-state index in [-0.39, 0.29) is 12.2 Å². The minimum absolute atomic E-state index is 0.00264. The van der Waals surface area contributed by atoms with Crippen molar-refractivity contribution in [1.82, 2.24) is 0 Å². The van der Waals surface area contributed by atoms with Crippen molar-refractivity contribution in [3.8, 4) is 0 Å². The first-order valence-electron chi connectivity index (χ1n) is 5.23. The largest absolute Gasteiger partial charge is 0.433 e. The summed E-state index contributed by atoms with van der Waals surface area (Å²) >= 11 is 0. The third-order valence-electron chi connectivity index (χ3n) is 2.49. The van der Waals surface area contributed by atoms with Crippen molar-refractivity contribution in [3.63, 3.8) is 0 Å². The Balaban J connectivity index is 2.14. The van der Waals surface area contributed by atoms with Crippen LogP contribution in [0.1, 0.15) is 17.4 Å². The van der Waals surface area contributed by atoms with Gasteiger partial charge in [0.25, 0.3) is 0 Å². The number of rotatable bonds is 4. The third kappa shape index (κ3) is 2.54. The molecule has 6 heteroatoms. The standard InChI is InChI=1S/C12H10FNO4/c13-9-4-2-1-3-8(9)7-10(15)11-5-6-12(18-11)14(16)17/h1-6,10,15H,7H2. The molecule has 1 atom stereocenters. The Morgan fingerprint density at radius 1 is 1.33 bits per heavy atom. The average Bonchev–Trinajstić information content (AvgIpc) is 2.81. The van der Waals surface area contributed by atoms with Gasteiger partial charge in [-0.05, 0) is 17.7 Å². The lowest BCUT2D eigenvalue weighted by atomic mass is 10.1. The minimum Gasteiger partial charge on any atom is -0.403 e. The van der Waals surface area contributed by atoms with Crippen molar-refractivity contribution in [2.24, 2.45) is 0 Å². The van der Waals surface area contributed by atoms with Crippen molar-refractivity contribution >= 4 is 5.88 Å². The van der Waals surface area contributed by atoms with Crippen LogP contribution in [0.25, 0.3) is 0 Å². The van der Waals surface area contributed by atoms with Crippen molar-refractivity contribution in [2.45, 2.75) is 12.5 Å². The van der Waals surface area contributed by atoms with E-state index in [0.717, 1.165) is 6.07 Å². The maximum atomic E-state index is 13.3. The van der Waals surface area contributed by atoms with Gasteiger partial charge in [-0.2, -0.15) is 0 Å². The number of nitrogens with zero attached hydrogens (tertiary/aromatic N) is 1. The Morgan fingerprint density at radius 3 is 2.67 bits per heavy atom. The van der Waals surface area contributed by atoms with Gasteiger partial charge in [-0.25, -0.2) is 4.39 Å². The lowest BCUT2D eigenvalue weighted by Crippen LogP contribution is -2.02. The van der Waals surface area contributed by atoms with Crippen molar-refractivity contribution in [1.29, 1.82) is 0 Å². The van der Waals surface area contributed by atoms with E-state index in [1.54, 1.807) is 12.1 Å². The predicted octanol–water partition coefficient (Wildman–Crippen LogP) is 2.60. The van der Waals surface area contributed by atoms with Crippen molar-refractivity contribution in [3.05, 3.63) is 63.7 Å². The van der Waals surface area contributed by atoms with Gasteiger partial charge in [0, 0.05) is 6.42 Å². The fourth-order valence-corrected chi connectivity index (χ4v) is 1.59. The second kappa shape index (κ2) is 4.97. The van der Waals surface area contributed by atoms with Crippen molar-refractivity contribution in [2.75, 3.05) is 0 Å². The first-order chi connectivity index (χ1) is 8.58. The van der Waals surface area contributed by atoms with E-state index in [2.05, 4.69) is 0 Å². The number of aliphatic hydroxyl groups is 1. The zero-order chi connectivity index (χ0) is 13.1. The predicted molar refractivity (Wildman–Crippen MR) is 60.4 cm³/mol. The summed E-state index contributed by atoms with van der Waals surface area (Å²) in [6.45, 7) is 0. The van der Waals surface area contributed by atoms with Gasteiger partial charge in [-0.1, -0.05) is 18.2 Å². The highest BCUT2D eigenvalue weighted by molar-refractivity contribution is 5.23. The maximum Gasteiger partial charge on any atom is 0.433 e. The SMILES string of the molecule is O=[N+]([O-])c1ccc(C(O)Cc2ccccc2F)o1. The molecular weight excluding hydrogens is 241 g/mol. The number of furan rings is 1. The van der Waals surface area contributed by atoms with E-state index < -0.39 is 22.7 Å². The van der Waals surface area contributed by atoms with E-state index in [0.29, 0.717) is 5.56 Å². The molecule has 2 rings (SSSR count). The fourth-order valence-electron chi connectivity index (χ4n) is 1.59. The fraction of sp³-hybridized carbons (Fsp3) is 0.167. The van der Waals surface area contributed by atoms with Crippen LogP contribution in [0.3, 0.4) is 0 Å². The lowest BCUT2D eigenvalue weighted by molar-refractivity contribution is -0.402. The Hall–Kier alpha value is -2.21. The monoisotopic (exact) mass is 251 g/mol. The molecule has 0 fully saturated rings. The number of aliphatic hydroxyl groups excluding tert-OH is 1. The number of halogens is 1. The highest BCUT2D eigenvalue weighted by Crippen LogP contribution is 2.24. The van der Waals surface area contributed by atoms with Crippen LogP contribution in [0.4, 0.5) is 10.3 Å². The Bertz CT molecular complexity index is 567. The van der Waals surface area contributed by atoms with Crippen LogP contribution in [0.2, 0.25) is 0 Å². The summed E-state index contributed by atoms with van der Waals surface area (Å²) in [4.78, 5) is 9.72. The number of hydrogen-bond acceptors (Lipinski definition) is 4. The van der Waals surface area contributed by atoms with Gasteiger partial charge in [0.15, 0.2) is 0 Å². The third-order valence-corrected chi connectivity index (χ3v) is 2.49. The van der Waals surface area contributed by atoms with E-state index in [1.165, 1.54) is 18.2 Å². The van der Waals surface area contributed by atoms with Crippen LogP contribution in [0.15, 0.2) is 40.8 Å². The Kier molecular flexibility index (Phi) is 3.38. The van der Waals surface area contributed by atoms with E-state index >= 15 is 0 Å². The molecule has 5 nitrogen and oxygen atoms in total. The van der Waals surface area contributed by atoms with Crippen molar-refractivity contribution < 1.29 is 18.8 Å². The summed E-state index contributed by atoms with van der Waals surface area (Å²) in [5, 5.41) is 20.2. The molecule has 0 amide bonds. The van der Waals surface area contributed by atoms with Crippen LogP contribution < -0.4 is 0 Å². The highest BCUT2D eigenvalue weighted by atomic mass is 19.1. The van der Waals surface area contributed by atoms with Gasteiger partial charge >= 0.3 is 5.88 Å². The average molecular weight is 251 g/mol. The van der Waals surface area contributed by atoms with Crippen LogP contribution >= 0.6 is 0 Å². The number of hydrogen-bond donors (Lipinski definition) is 1. The maximum absolute atomic E-state index is 13.3. The van der Waals surface area contributed by atoms with E-state index in [1.807, 2.05) is 0 Å². The molecule has 0 saturated heterocycles. The lowest BCUT2D eigenvalue weighted by Gasteiger charge is -2.07. The molecular formula is C12H10FNO4. The highest BCUT2D eigenvalue weighted by Gasteiger charge is 2.19. The van der Waals surface area contributed by atoms with Gasteiger partial charge in [0.2, 0.25) is 0 Å². The van der Waals surface area contributed by atoms with E-state index in [9.17, 15) is 19.6 Å².